The molecule has 0 aliphatic carbocycles. The summed E-state index contributed by atoms with van der Waals surface area (Å²) in [5, 5.41) is 9.40. The number of aromatic nitrogens is 1. The SMILES string of the molecule is O=c1oc2ccccc2n1CCCN1CC=C(c2ccc(O)cc2)CC1. The fourth-order valence-electron chi connectivity index (χ4n) is 3.53. The number of oxazole rings is 1. The van der Waals surface area contributed by atoms with Gasteiger partial charge in [-0.1, -0.05) is 30.3 Å². The number of nitrogens with zero attached hydrogens (tertiary/aromatic N) is 2. The van der Waals surface area contributed by atoms with Crippen LogP contribution in [0.2, 0.25) is 0 Å². The first-order valence-electron chi connectivity index (χ1n) is 9.00. The van der Waals surface area contributed by atoms with Crippen molar-refractivity contribution in [1.82, 2.24) is 9.47 Å². The van der Waals surface area contributed by atoms with Gasteiger partial charge in [-0.3, -0.25) is 9.47 Å². The van der Waals surface area contributed by atoms with E-state index in [1.165, 1.54) is 11.1 Å². The number of benzene rings is 2. The van der Waals surface area contributed by atoms with Crippen LogP contribution >= 0.6 is 0 Å². The average molecular weight is 350 g/mol. The fourth-order valence-corrected chi connectivity index (χ4v) is 3.53. The largest absolute Gasteiger partial charge is 0.508 e. The van der Waals surface area contributed by atoms with Crippen LogP contribution in [0.5, 0.6) is 5.75 Å². The number of phenols is 1. The zero-order valence-electron chi connectivity index (χ0n) is 14.6. The maximum atomic E-state index is 12.0. The molecule has 0 spiro atoms. The third-order valence-electron chi connectivity index (χ3n) is 4.96. The molecule has 0 amide bonds. The Kier molecular flexibility index (Phi) is 4.63. The van der Waals surface area contributed by atoms with Crippen LogP contribution in [0, 0.1) is 0 Å². The summed E-state index contributed by atoms with van der Waals surface area (Å²) in [5.74, 6) is 0.0214. The topological polar surface area (TPSA) is 58.6 Å². The molecule has 0 unspecified atom stereocenters. The number of fused-ring (bicyclic) bond motifs is 1. The van der Waals surface area contributed by atoms with Gasteiger partial charge in [-0.15, -0.1) is 0 Å². The molecule has 2 heterocycles. The van der Waals surface area contributed by atoms with E-state index in [1.54, 1.807) is 16.7 Å². The first kappa shape index (κ1) is 16.7. The van der Waals surface area contributed by atoms with E-state index < -0.39 is 0 Å². The zero-order chi connectivity index (χ0) is 17.9. The summed E-state index contributed by atoms with van der Waals surface area (Å²) in [6.45, 7) is 3.54. The van der Waals surface area contributed by atoms with E-state index in [9.17, 15) is 9.90 Å². The Labute approximate surface area is 151 Å². The highest BCUT2D eigenvalue weighted by Crippen LogP contribution is 2.24. The van der Waals surface area contributed by atoms with E-state index in [1.807, 2.05) is 36.4 Å². The lowest BCUT2D eigenvalue weighted by Gasteiger charge is -2.26. The van der Waals surface area contributed by atoms with Gasteiger partial charge in [0, 0.05) is 26.2 Å². The Bertz CT molecular complexity index is 982. The van der Waals surface area contributed by atoms with Crippen LogP contribution < -0.4 is 5.76 Å². The van der Waals surface area contributed by atoms with Crippen molar-refractivity contribution in [2.24, 2.45) is 0 Å². The average Bonchev–Trinajstić information content (AvgIpc) is 2.99. The van der Waals surface area contributed by atoms with Gasteiger partial charge in [0.1, 0.15) is 5.75 Å². The van der Waals surface area contributed by atoms with E-state index in [2.05, 4.69) is 11.0 Å². The lowest BCUT2D eigenvalue weighted by Crippen LogP contribution is -2.30. The van der Waals surface area contributed by atoms with Gasteiger partial charge in [-0.25, -0.2) is 4.79 Å². The number of hydrogen-bond donors (Lipinski definition) is 1. The molecule has 5 nitrogen and oxygen atoms in total. The second-order valence-electron chi connectivity index (χ2n) is 6.67. The number of para-hydroxylation sites is 2. The molecule has 5 heteroatoms. The predicted octanol–water partition coefficient (Wildman–Crippen LogP) is 3.48. The summed E-state index contributed by atoms with van der Waals surface area (Å²) in [6.07, 6.45) is 4.17. The summed E-state index contributed by atoms with van der Waals surface area (Å²) in [7, 11) is 0. The standard InChI is InChI=1S/C21H22N2O3/c24-18-8-6-16(7-9-18)17-10-14-22(15-11-17)12-3-13-23-19-4-1-2-5-20(19)26-21(23)25/h1-2,4-10,24H,3,11-15H2. The molecule has 1 N–H and O–H groups in total. The highest BCUT2D eigenvalue weighted by Gasteiger charge is 2.14. The molecule has 1 aromatic heterocycles. The Morgan fingerprint density at radius 3 is 2.62 bits per heavy atom. The molecule has 0 atom stereocenters. The third-order valence-corrected chi connectivity index (χ3v) is 4.96. The van der Waals surface area contributed by atoms with E-state index in [0.29, 0.717) is 17.9 Å². The summed E-state index contributed by atoms with van der Waals surface area (Å²) < 4.78 is 7.00. The third kappa shape index (κ3) is 3.44. The van der Waals surface area contributed by atoms with Crippen LogP contribution in [-0.4, -0.2) is 34.2 Å². The van der Waals surface area contributed by atoms with Crippen LogP contribution in [0.3, 0.4) is 0 Å². The molecule has 0 radical (unpaired) electrons. The maximum absolute atomic E-state index is 12.0. The number of rotatable bonds is 5. The van der Waals surface area contributed by atoms with Crippen molar-refractivity contribution in [3.63, 3.8) is 0 Å². The first-order chi connectivity index (χ1) is 12.7. The van der Waals surface area contributed by atoms with Crippen molar-refractivity contribution in [2.75, 3.05) is 19.6 Å². The second-order valence-corrected chi connectivity index (χ2v) is 6.67. The van der Waals surface area contributed by atoms with Crippen LogP contribution in [0.15, 0.2) is 63.8 Å². The normalized spacial score (nSPS) is 15.3. The predicted molar refractivity (Wildman–Crippen MR) is 102 cm³/mol. The molecule has 0 saturated heterocycles. The van der Waals surface area contributed by atoms with E-state index >= 15 is 0 Å². The first-order valence-corrected chi connectivity index (χ1v) is 9.00. The number of aromatic hydroxyl groups is 1. The minimum absolute atomic E-state index is 0.278. The minimum atomic E-state index is -0.278. The molecule has 2 aromatic carbocycles. The number of aryl methyl sites for hydroxylation is 1. The van der Waals surface area contributed by atoms with Gasteiger partial charge in [0.15, 0.2) is 5.58 Å². The van der Waals surface area contributed by atoms with Crippen LogP contribution in [-0.2, 0) is 6.54 Å². The molecule has 26 heavy (non-hydrogen) atoms. The van der Waals surface area contributed by atoms with E-state index in [-0.39, 0.29) is 5.76 Å². The molecule has 134 valence electrons. The molecule has 0 saturated carbocycles. The summed E-state index contributed by atoms with van der Waals surface area (Å²) >= 11 is 0. The number of phenolic OH excluding ortho intramolecular Hbond substituents is 1. The van der Waals surface area contributed by atoms with Crippen molar-refractivity contribution < 1.29 is 9.52 Å². The minimum Gasteiger partial charge on any atom is -0.508 e. The van der Waals surface area contributed by atoms with Gasteiger partial charge in [0.2, 0.25) is 0 Å². The highest BCUT2D eigenvalue weighted by atomic mass is 16.4. The maximum Gasteiger partial charge on any atom is 0.419 e. The quantitative estimate of drug-likeness (QED) is 0.765. The highest BCUT2D eigenvalue weighted by molar-refractivity contribution is 5.72. The number of hydrogen-bond acceptors (Lipinski definition) is 4. The van der Waals surface area contributed by atoms with Gasteiger partial charge in [-0.05, 0) is 48.2 Å². The van der Waals surface area contributed by atoms with Gasteiger partial charge in [0.05, 0.1) is 5.52 Å². The molecule has 3 aromatic rings. The van der Waals surface area contributed by atoms with Crippen LogP contribution in [0.1, 0.15) is 18.4 Å². The van der Waals surface area contributed by atoms with Crippen molar-refractivity contribution >= 4 is 16.7 Å². The molecule has 4 rings (SSSR count). The molecular formula is C21H22N2O3. The van der Waals surface area contributed by atoms with Gasteiger partial charge >= 0.3 is 5.76 Å². The smallest absolute Gasteiger partial charge is 0.419 e. The lowest BCUT2D eigenvalue weighted by atomic mass is 9.99. The van der Waals surface area contributed by atoms with E-state index in [0.717, 1.165) is 38.0 Å². The van der Waals surface area contributed by atoms with Crippen molar-refractivity contribution in [2.45, 2.75) is 19.4 Å². The van der Waals surface area contributed by atoms with Crippen molar-refractivity contribution in [3.8, 4) is 5.75 Å². The molecule has 1 aliphatic rings. The molecule has 0 fully saturated rings. The molecule has 0 bridgehead atoms. The Hall–Kier alpha value is -2.79. The summed E-state index contributed by atoms with van der Waals surface area (Å²) in [5.41, 5.74) is 4.03. The zero-order valence-corrected chi connectivity index (χ0v) is 14.6. The van der Waals surface area contributed by atoms with Crippen molar-refractivity contribution in [3.05, 3.63) is 70.7 Å². The molecular weight excluding hydrogens is 328 g/mol. The van der Waals surface area contributed by atoms with Crippen LogP contribution in [0.25, 0.3) is 16.7 Å². The van der Waals surface area contributed by atoms with Gasteiger partial charge < -0.3 is 9.52 Å². The van der Waals surface area contributed by atoms with E-state index in [4.69, 9.17) is 4.42 Å². The summed E-state index contributed by atoms with van der Waals surface area (Å²) in [4.78, 5) is 14.4. The Balaban J connectivity index is 1.34. The van der Waals surface area contributed by atoms with Crippen molar-refractivity contribution in [1.29, 1.82) is 0 Å². The fraction of sp³-hybridized carbons (Fsp3) is 0.286. The molecule has 1 aliphatic heterocycles. The second kappa shape index (κ2) is 7.22. The Morgan fingerprint density at radius 2 is 1.85 bits per heavy atom. The van der Waals surface area contributed by atoms with Gasteiger partial charge in [-0.2, -0.15) is 0 Å². The van der Waals surface area contributed by atoms with Gasteiger partial charge in [0.25, 0.3) is 0 Å². The monoisotopic (exact) mass is 350 g/mol. The Morgan fingerprint density at radius 1 is 1.04 bits per heavy atom. The summed E-state index contributed by atoms with van der Waals surface area (Å²) in [6, 6.07) is 14.9. The van der Waals surface area contributed by atoms with Crippen LogP contribution in [0.4, 0.5) is 0 Å². The lowest BCUT2D eigenvalue weighted by molar-refractivity contribution is 0.290.